The van der Waals surface area contributed by atoms with Gasteiger partial charge in [-0.15, -0.1) is 0 Å². The average Bonchev–Trinajstić information content (AvgIpc) is 2.47. The Balaban J connectivity index is 0.000000491. The predicted octanol–water partition coefficient (Wildman–Crippen LogP) is 0.861. The van der Waals surface area contributed by atoms with Crippen molar-refractivity contribution in [3.8, 4) is 5.75 Å². The predicted molar refractivity (Wildman–Crippen MR) is 74.8 cm³/mol. The van der Waals surface area contributed by atoms with Crippen molar-refractivity contribution in [3.05, 3.63) is 40.2 Å². The van der Waals surface area contributed by atoms with Crippen molar-refractivity contribution >= 4 is 16.9 Å². The maximum absolute atomic E-state index is 11.5. The Morgan fingerprint density at radius 3 is 2.38 bits per heavy atom. The van der Waals surface area contributed by atoms with E-state index in [9.17, 15) is 9.59 Å². The lowest BCUT2D eigenvalue weighted by atomic mass is 10.1. The smallest absolute Gasteiger partial charge is 0.354 e. The monoisotopic (exact) mass is 296 g/mol. The van der Waals surface area contributed by atoms with E-state index in [1.165, 1.54) is 0 Å². The molecule has 0 saturated heterocycles. The summed E-state index contributed by atoms with van der Waals surface area (Å²) < 4.78 is 10.2. The molecule has 0 amide bonds. The van der Waals surface area contributed by atoms with Crippen LogP contribution in [0.3, 0.4) is 0 Å². The summed E-state index contributed by atoms with van der Waals surface area (Å²) in [6.45, 7) is 1.74. The largest absolute Gasteiger partial charge is 0.492 e. The third kappa shape index (κ3) is 4.04. The lowest BCUT2D eigenvalue weighted by Gasteiger charge is -2.08. The SMILES string of the molecule is CCOc1c(C(=O)O)c(=O)oc2ccccc12.OCCO. The minimum Gasteiger partial charge on any atom is -0.492 e. The van der Waals surface area contributed by atoms with Crippen LogP contribution >= 0.6 is 0 Å². The van der Waals surface area contributed by atoms with Gasteiger partial charge in [-0.2, -0.15) is 0 Å². The van der Waals surface area contributed by atoms with E-state index < -0.39 is 17.2 Å². The van der Waals surface area contributed by atoms with E-state index in [-0.39, 0.29) is 25.6 Å². The Labute approximate surface area is 120 Å². The lowest BCUT2D eigenvalue weighted by Crippen LogP contribution is -2.16. The topological polar surface area (TPSA) is 117 Å². The second-order valence-electron chi connectivity index (χ2n) is 3.78. The van der Waals surface area contributed by atoms with Gasteiger partial charge in [-0.1, -0.05) is 12.1 Å². The fourth-order valence-electron chi connectivity index (χ4n) is 1.60. The molecular formula is C14H16O7. The van der Waals surface area contributed by atoms with Crippen LogP contribution in [0.4, 0.5) is 0 Å². The van der Waals surface area contributed by atoms with E-state index in [2.05, 4.69) is 0 Å². The van der Waals surface area contributed by atoms with Crippen LogP contribution in [0.1, 0.15) is 17.3 Å². The van der Waals surface area contributed by atoms with Crippen LogP contribution in [-0.2, 0) is 0 Å². The molecule has 0 atom stereocenters. The Morgan fingerprint density at radius 2 is 1.86 bits per heavy atom. The number of para-hydroxylation sites is 1. The number of carbonyl (C=O) groups is 1. The van der Waals surface area contributed by atoms with Crippen molar-refractivity contribution in [2.24, 2.45) is 0 Å². The van der Waals surface area contributed by atoms with Crippen molar-refractivity contribution in [1.29, 1.82) is 0 Å². The van der Waals surface area contributed by atoms with Gasteiger partial charge >= 0.3 is 11.6 Å². The molecule has 2 rings (SSSR count). The zero-order valence-electron chi connectivity index (χ0n) is 11.4. The lowest BCUT2D eigenvalue weighted by molar-refractivity contribution is 0.0688. The molecule has 21 heavy (non-hydrogen) atoms. The summed E-state index contributed by atoms with van der Waals surface area (Å²) in [4.78, 5) is 22.6. The second-order valence-corrected chi connectivity index (χ2v) is 3.78. The average molecular weight is 296 g/mol. The zero-order chi connectivity index (χ0) is 15.8. The van der Waals surface area contributed by atoms with Gasteiger partial charge in [-0.25, -0.2) is 9.59 Å². The first kappa shape index (κ1) is 16.7. The zero-order valence-corrected chi connectivity index (χ0v) is 11.4. The Kier molecular flexibility index (Phi) is 6.38. The molecule has 0 aliphatic rings. The van der Waals surface area contributed by atoms with Crippen molar-refractivity contribution in [1.82, 2.24) is 0 Å². The van der Waals surface area contributed by atoms with E-state index in [0.717, 1.165) is 0 Å². The molecule has 7 nitrogen and oxygen atoms in total. The number of hydrogen-bond donors (Lipinski definition) is 3. The minimum atomic E-state index is -1.35. The highest BCUT2D eigenvalue weighted by Gasteiger charge is 2.21. The molecule has 7 heteroatoms. The number of hydrogen-bond acceptors (Lipinski definition) is 6. The molecule has 0 bridgehead atoms. The molecule has 0 aliphatic carbocycles. The summed E-state index contributed by atoms with van der Waals surface area (Å²) in [6, 6.07) is 6.65. The van der Waals surface area contributed by atoms with Crippen molar-refractivity contribution < 1.29 is 29.3 Å². The van der Waals surface area contributed by atoms with Crippen LogP contribution in [0.25, 0.3) is 11.0 Å². The number of carboxylic acids is 1. The van der Waals surface area contributed by atoms with Crippen LogP contribution in [0.2, 0.25) is 0 Å². The summed E-state index contributed by atoms with van der Waals surface area (Å²) in [5.41, 5.74) is -1.06. The van der Waals surface area contributed by atoms with Crippen molar-refractivity contribution in [3.63, 3.8) is 0 Å². The third-order valence-corrected chi connectivity index (χ3v) is 2.37. The van der Waals surface area contributed by atoms with Gasteiger partial charge in [-0.05, 0) is 19.1 Å². The first-order chi connectivity index (χ1) is 10.1. The van der Waals surface area contributed by atoms with E-state index in [1.807, 2.05) is 0 Å². The Morgan fingerprint density at radius 1 is 1.24 bits per heavy atom. The number of carboxylic acid groups (broad SMARTS) is 1. The van der Waals surface area contributed by atoms with Crippen LogP contribution < -0.4 is 10.4 Å². The third-order valence-electron chi connectivity index (χ3n) is 2.37. The normalized spacial score (nSPS) is 9.86. The van der Waals surface area contributed by atoms with Gasteiger partial charge in [0.25, 0.3) is 0 Å². The van der Waals surface area contributed by atoms with E-state index >= 15 is 0 Å². The Hall–Kier alpha value is -2.38. The number of rotatable bonds is 4. The summed E-state index contributed by atoms with van der Waals surface area (Å²) >= 11 is 0. The van der Waals surface area contributed by atoms with Gasteiger partial charge in [-0.3, -0.25) is 0 Å². The molecule has 1 heterocycles. The quantitative estimate of drug-likeness (QED) is 0.716. The molecule has 114 valence electrons. The van der Waals surface area contributed by atoms with Crippen LogP contribution in [0.5, 0.6) is 5.75 Å². The molecule has 3 N–H and O–H groups in total. The van der Waals surface area contributed by atoms with Gasteiger partial charge in [0.15, 0.2) is 11.3 Å². The maximum Gasteiger partial charge on any atom is 0.354 e. The van der Waals surface area contributed by atoms with Gasteiger partial charge in [0, 0.05) is 0 Å². The molecule has 0 radical (unpaired) electrons. The summed E-state index contributed by atoms with van der Waals surface area (Å²) in [5, 5.41) is 24.7. The van der Waals surface area contributed by atoms with Gasteiger partial charge in [0.05, 0.1) is 25.2 Å². The second kappa shape index (κ2) is 8.03. The molecule has 2 aromatic rings. The fraction of sp³-hybridized carbons (Fsp3) is 0.286. The minimum absolute atomic E-state index is 0.0619. The van der Waals surface area contributed by atoms with Crippen molar-refractivity contribution in [2.45, 2.75) is 6.92 Å². The number of fused-ring (bicyclic) bond motifs is 1. The molecule has 0 fully saturated rings. The molecule has 1 aromatic carbocycles. The van der Waals surface area contributed by atoms with Crippen LogP contribution in [0.15, 0.2) is 33.5 Å². The first-order valence-electron chi connectivity index (χ1n) is 6.20. The van der Waals surface area contributed by atoms with Crippen molar-refractivity contribution in [2.75, 3.05) is 19.8 Å². The van der Waals surface area contributed by atoms with Crippen LogP contribution in [-0.4, -0.2) is 41.1 Å². The summed E-state index contributed by atoms with van der Waals surface area (Å²) in [7, 11) is 0. The van der Waals surface area contributed by atoms with Crippen LogP contribution in [0, 0.1) is 0 Å². The number of ether oxygens (including phenoxy) is 1. The van der Waals surface area contributed by atoms with Gasteiger partial charge in [0.2, 0.25) is 0 Å². The number of aliphatic hydroxyl groups is 2. The molecular weight excluding hydrogens is 280 g/mol. The van der Waals surface area contributed by atoms with Gasteiger partial charge in [0.1, 0.15) is 5.58 Å². The molecule has 0 spiro atoms. The highest BCUT2D eigenvalue weighted by Crippen LogP contribution is 2.27. The summed E-state index contributed by atoms with van der Waals surface area (Å²) in [6.07, 6.45) is 0. The molecule has 0 unspecified atom stereocenters. The molecule has 0 saturated carbocycles. The molecule has 0 aliphatic heterocycles. The fourth-order valence-corrected chi connectivity index (χ4v) is 1.60. The van der Waals surface area contributed by atoms with E-state index in [1.54, 1.807) is 31.2 Å². The highest BCUT2D eigenvalue weighted by atomic mass is 16.5. The molecule has 1 aromatic heterocycles. The highest BCUT2D eigenvalue weighted by molar-refractivity contribution is 5.97. The van der Waals surface area contributed by atoms with E-state index in [4.69, 9.17) is 24.5 Å². The number of benzene rings is 1. The number of aliphatic hydroxyl groups excluding tert-OH is 2. The van der Waals surface area contributed by atoms with Gasteiger partial charge < -0.3 is 24.5 Å². The summed E-state index contributed by atoms with van der Waals surface area (Å²) in [5.74, 6) is -1.29. The number of aromatic carboxylic acids is 1. The maximum atomic E-state index is 11.5. The first-order valence-corrected chi connectivity index (χ1v) is 6.20. The standard InChI is InChI=1S/C12H10O5.C2H6O2/c1-2-16-10-7-5-3-4-6-8(7)17-12(15)9(10)11(13)14;3-1-2-4/h3-6H,2H2,1H3,(H,13,14);3-4H,1-2H2. The van der Waals surface area contributed by atoms with E-state index in [0.29, 0.717) is 11.0 Å². The Bertz CT molecular complexity index is 658.